The van der Waals surface area contributed by atoms with Crippen LogP contribution in [0.1, 0.15) is 11.7 Å². The summed E-state index contributed by atoms with van der Waals surface area (Å²) in [6.07, 6.45) is 1.58. The Hall–Kier alpha value is -1.45. The minimum absolute atomic E-state index is 0.0128. The second kappa shape index (κ2) is 5.75. The van der Waals surface area contributed by atoms with E-state index < -0.39 is 0 Å². The lowest BCUT2D eigenvalue weighted by Crippen LogP contribution is -2.13. The van der Waals surface area contributed by atoms with E-state index >= 15 is 0 Å². The zero-order valence-corrected chi connectivity index (χ0v) is 9.93. The van der Waals surface area contributed by atoms with Crippen molar-refractivity contribution in [2.24, 2.45) is 0 Å². The van der Waals surface area contributed by atoms with Gasteiger partial charge in [-0.1, -0.05) is 11.6 Å². The van der Waals surface area contributed by atoms with Crippen molar-refractivity contribution in [3.05, 3.63) is 53.4 Å². The van der Waals surface area contributed by atoms with Gasteiger partial charge in [-0.2, -0.15) is 0 Å². The van der Waals surface area contributed by atoms with E-state index in [-0.39, 0.29) is 12.5 Å². The van der Waals surface area contributed by atoms with Crippen LogP contribution in [0.2, 0.25) is 5.02 Å². The summed E-state index contributed by atoms with van der Waals surface area (Å²) < 4.78 is 10.8. The number of rotatable bonds is 5. The van der Waals surface area contributed by atoms with Crippen LogP contribution in [0.5, 0.6) is 5.75 Å². The smallest absolute Gasteiger partial charge is 0.119 e. The third-order valence-corrected chi connectivity index (χ3v) is 2.68. The standard InChI is InChI=1S/C13H13ClO3/c14-11-3-5-12(6-4-11)17-9-10(8-15)13-2-1-7-16-13/h1-7,10,15H,8-9H2. The fourth-order valence-electron chi connectivity index (χ4n) is 1.48. The van der Waals surface area contributed by atoms with E-state index in [0.717, 1.165) is 11.5 Å². The first-order valence-electron chi connectivity index (χ1n) is 5.32. The van der Waals surface area contributed by atoms with Crippen molar-refractivity contribution >= 4 is 11.6 Å². The minimum Gasteiger partial charge on any atom is -0.493 e. The zero-order chi connectivity index (χ0) is 12.1. The molecule has 1 aromatic carbocycles. The topological polar surface area (TPSA) is 42.6 Å². The number of furan rings is 1. The maximum atomic E-state index is 9.26. The molecule has 1 aromatic heterocycles. The van der Waals surface area contributed by atoms with E-state index in [1.54, 1.807) is 36.6 Å². The molecule has 0 saturated heterocycles. The molecule has 1 N–H and O–H groups in total. The highest BCUT2D eigenvalue weighted by atomic mass is 35.5. The van der Waals surface area contributed by atoms with Crippen LogP contribution < -0.4 is 4.74 Å². The molecular formula is C13H13ClO3. The van der Waals surface area contributed by atoms with Crippen LogP contribution in [0, 0.1) is 0 Å². The van der Waals surface area contributed by atoms with Crippen molar-refractivity contribution in [2.75, 3.05) is 13.2 Å². The second-order valence-electron chi connectivity index (χ2n) is 3.66. The number of hydrogen-bond donors (Lipinski definition) is 1. The summed E-state index contributed by atoms with van der Waals surface area (Å²) in [5.74, 6) is 1.29. The fourth-order valence-corrected chi connectivity index (χ4v) is 1.60. The number of hydrogen-bond acceptors (Lipinski definition) is 3. The Labute approximate surface area is 105 Å². The van der Waals surface area contributed by atoms with Crippen LogP contribution in [0.4, 0.5) is 0 Å². The second-order valence-corrected chi connectivity index (χ2v) is 4.10. The number of benzene rings is 1. The molecular weight excluding hydrogens is 240 g/mol. The number of aliphatic hydroxyl groups is 1. The third-order valence-electron chi connectivity index (χ3n) is 2.43. The van der Waals surface area contributed by atoms with Gasteiger partial charge in [0.1, 0.15) is 18.1 Å². The average molecular weight is 253 g/mol. The zero-order valence-electron chi connectivity index (χ0n) is 9.17. The molecule has 4 heteroatoms. The van der Waals surface area contributed by atoms with Gasteiger partial charge in [0.25, 0.3) is 0 Å². The van der Waals surface area contributed by atoms with Gasteiger partial charge in [0, 0.05) is 5.02 Å². The number of aliphatic hydroxyl groups excluding tert-OH is 1. The summed E-state index contributed by atoms with van der Waals surface area (Å²) >= 11 is 5.77. The molecule has 1 atom stereocenters. The largest absolute Gasteiger partial charge is 0.493 e. The molecule has 2 aromatic rings. The first-order chi connectivity index (χ1) is 8.29. The lowest BCUT2D eigenvalue weighted by atomic mass is 10.1. The molecule has 0 bridgehead atoms. The Morgan fingerprint density at radius 3 is 2.59 bits per heavy atom. The summed E-state index contributed by atoms with van der Waals surface area (Å²) in [6, 6.07) is 10.7. The monoisotopic (exact) mass is 252 g/mol. The molecule has 0 spiro atoms. The van der Waals surface area contributed by atoms with Gasteiger partial charge in [0.05, 0.1) is 18.8 Å². The number of halogens is 1. The number of ether oxygens (including phenoxy) is 1. The molecule has 17 heavy (non-hydrogen) atoms. The van der Waals surface area contributed by atoms with Gasteiger partial charge in [-0.25, -0.2) is 0 Å². The molecule has 2 rings (SSSR count). The van der Waals surface area contributed by atoms with Gasteiger partial charge in [-0.15, -0.1) is 0 Å². The highest BCUT2D eigenvalue weighted by Gasteiger charge is 2.14. The van der Waals surface area contributed by atoms with Crippen LogP contribution in [-0.4, -0.2) is 18.3 Å². The maximum Gasteiger partial charge on any atom is 0.119 e. The lowest BCUT2D eigenvalue weighted by Gasteiger charge is -2.13. The predicted molar refractivity (Wildman–Crippen MR) is 65.5 cm³/mol. The molecule has 0 amide bonds. The molecule has 0 fully saturated rings. The molecule has 90 valence electrons. The van der Waals surface area contributed by atoms with Crippen LogP contribution >= 0.6 is 11.6 Å². The predicted octanol–water partition coefficient (Wildman–Crippen LogP) is 3.09. The fraction of sp³-hybridized carbons (Fsp3) is 0.231. The van der Waals surface area contributed by atoms with E-state index in [4.69, 9.17) is 20.8 Å². The highest BCUT2D eigenvalue weighted by Crippen LogP contribution is 2.20. The van der Waals surface area contributed by atoms with Crippen molar-refractivity contribution in [2.45, 2.75) is 5.92 Å². The Morgan fingerprint density at radius 1 is 1.24 bits per heavy atom. The van der Waals surface area contributed by atoms with Crippen molar-refractivity contribution < 1.29 is 14.3 Å². The Kier molecular flexibility index (Phi) is 4.07. The summed E-state index contributed by atoms with van der Waals surface area (Å²) in [4.78, 5) is 0. The third kappa shape index (κ3) is 3.25. The van der Waals surface area contributed by atoms with E-state index in [2.05, 4.69) is 0 Å². The van der Waals surface area contributed by atoms with Gasteiger partial charge in [-0.05, 0) is 36.4 Å². The minimum atomic E-state index is -0.152. The van der Waals surface area contributed by atoms with Crippen molar-refractivity contribution in [3.8, 4) is 5.75 Å². The van der Waals surface area contributed by atoms with E-state index in [1.807, 2.05) is 6.07 Å². The maximum absolute atomic E-state index is 9.26. The summed E-state index contributed by atoms with van der Waals surface area (Å²) in [6.45, 7) is 0.354. The van der Waals surface area contributed by atoms with Crippen LogP contribution in [0.15, 0.2) is 47.1 Å². The lowest BCUT2D eigenvalue weighted by molar-refractivity contribution is 0.190. The van der Waals surface area contributed by atoms with Crippen LogP contribution in [0.3, 0.4) is 0 Å². The quantitative estimate of drug-likeness (QED) is 0.889. The molecule has 1 unspecified atom stereocenters. The molecule has 3 nitrogen and oxygen atoms in total. The van der Waals surface area contributed by atoms with E-state index in [9.17, 15) is 5.11 Å². The van der Waals surface area contributed by atoms with Crippen molar-refractivity contribution in [3.63, 3.8) is 0 Å². The van der Waals surface area contributed by atoms with Crippen LogP contribution in [0.25, 0.3) is 0 Å². The van der Waals surface area contributed by atoms with E-state index in [0.29, 0.717) is 11.6 Å². The summed E-state index contributed by atoms with van der Waals surface area (Å²) in [7, 11) is 0. The van der Waals surface area contributed by atoms with Gasteiger partial charge in [-0.3, -0.25) is 0 Å². The highest BCUT2D eigenvalue weighted by molar-refractivity contribution is 6.30. The van der Waals surface area contributed by atoms with Gasteiger partial charge in [0.2, 0.25) is 0 Å². The molecule has 0 aliphatic carbocycles. The normalized spacial score (nSPS) is 12.4. The van der Waals surface area contributed by atoms with Gasteiger partial charge in [0.15, 0.2) is 0 Å². The first-order valence-corrected chi connectivity index (χ1v) is 5.70. The summed E-state index contributed by atoms with van der Waals surface area (Å²) in [5.41, 5.74) is 0. The molecule has 0 saturated carbocycles. The Morgan fingerprint density at radius 2 is 2.00 bits per heavy atom. The molecule has 0 aliphatic heterocycles. The Bertz CT molecular complexity index is 436. The molecule has 1 heterocycles. The van der Waals surface area contributed by atoms with Gasteiger partial charge < -0.3 is 14.3 Å². The molecule has 0 radical (unpaired) electrons. The van der Waals surface area contributed by atoms with Crippen LogP contribution in [-0.2, 0) is 0 Å². The SMILES string of the molecule is OCC(COc1ccc(Cl)cc1)c1ccco1. The van der Waals surface area contributed by atoms with E-state index in [1.165, 1.54) is 0 Å². The van der Waals surface area contributed by atoms with Crippen molar-refractivity contribution in [1.82, 2.24) is 0 Å². The van der Waals surface area contributed by atoms with Crippen molar-refractivity contribution in [1.29, 1.82) is 0 Å². The average Bonchev–Trinajstić information content (AvgIpc) is 2.86. The molecule has 0 aliphatic rings. The Balaban J connectivity index is 1.94. The first kappa shape index (κ1) is 12.0. The van der Waals surface area contributed by atoms with Gasteiger partial charge >= 0.3 is 0 Å². The summed E-state index contributed by atoms with van der Waals surface area (Å²) in [5, 5.41) is 9.93.